The van der Waals surface area contributed by atoms with E-state index in [1.165, 1.54) is 6.07 Å². The first-order chi connectivity index (χ1) is 7.70. The van der Waals surface area contributed by atoms with Gasteiger partial charge < -0.3 is 10.2 Å². The SMILES string of the molecule is CNC1CCN(c2ccc(F)c(Cl)c2)CC1. The smallest absolute Gasteiger partial charge is 0.141 e. The number of hydrogen-bond acceptors (Lipinski definition) is 2. The van der Waals surface area contributed by atoms with Crippen molar-refractivity contribution in [2.24, 2.45) is 0 Å². The van der Waals surface area contributed by atoms with Crippen LogP contribution >= 0.6 is 11.6 Å². The molecule has 0 atom stereocenters. The molecule has 0 spiro atoms. The lowest BCUT2D eigenvalue weighted by molar-refractivity contribution is 0.442. The van der Waals surface area contributed by atoms with Crippen molar-refractivity contribution in [3.8, 4) is 0 Å². The minimum Gasteiger partial charge on any atom is -0.371 e. The van der Waals surface area contributed by atoms with Crippen LogP contribution in [-0.4, -0.2) is 26.2 Å². The van der Waals surface area contributed by atoms with Crippen molar-refractivity contribution in [3.63, 3.8) is 0 Å². The molecule has 1 aliphatic heterocycles. The van der Waals surface area contributed by atoms with Crippen LogP contribution in [0.2, 0.25) is 5.02 Å². The number of anilines is 1. The van der Waals surface area contributed by atoms with Gasteiger partial charge in [0, 0.05) is 24.8 Å². The normalized spacial score (nSPS) is 17.8. The minimum absolute atomic E-state index is 0.202. The van der Waals surface area contributed by atoms with Crippen molar-refractivity contribution in [1.29, 1.82) is 0 Å². The third-order valence-corrected chi connectivity index (χ3v) is 3.46. The third-order valence-electron chi connectivity index (χ3n) is 3.17. The first kappa shape index (κ1) is 11.7. The zero-order valence-corrected chi connectivity index (χ0v) is 10.1. The fourth-order valence-corrected chi connectivity index (χ4v) is 2.28. The lowest BCUT2D eigenvalue weighted by Crippen LogP contribution is -2.41. The highest BCUT2D eigenvalue weighted by atomic mass is 35.5. The molecule has 1 saturated heterocycles. The van der Waals surface area contributed by atoms with Gasteiger partial charge in [-0.25, -0.2) is 4.39 Å². The molecular weight excluding hydrogens is 227 g/mol. The number of hydrogen-bond donors (Lipinski definition) is 1. The van der Waals surface area contributed by atoms with Gasteiger partial charge in [-0.1, -0.05) is 11.6 Å². The van der Waals surface area contributed by atoms with Crippen LogP contribution in [-0.2, 0) is 0 Å². The maximum Gasteiger partial charge on any atom is 0.141 e. The molecule has 1 N–H and O–H groups in total. The molecule has 88 valence electrons. The quantitative estimate of drug-likeness (QED) is 0.858. The molecule has 1 fully saturated rings. The molecule has 2 nitrogen and oxygen atoms in total. The zero-order chi connectivity index (χ0) is 11.5. The summed E-state index contributed by atoms with van der Waals surface area (Å²) in [5.74, 6) is -0.351. The largest absolute Gasteiger partial charge is 0.371 e. The van der Waals surface area contributed by atoms with E-state index in [9.17, 15) is 4.39 Å². The Morgan fingerprint density at radius 1 is 1.38 bits per heavy atom. The fourth-order valence-electron chi connectivity index (χ4n) is 2.11. The second-order valence-electron chi connectivity index (χ2n) is 4.15. The highest BCUT2D eigenvalue weighted by Crippen LogP contribution is 2.25. The molecule has 1 aliphatic rings. The second kappa shape index (κ2) is 5.02. The zero-order valence-electron chi connectivity index (χ0n) is 9.34. The standard InChI is InChI=1S/C12H16ClFN2/c1-15-9-4-6-16(7-5-9)10-2-3-12(14)11(13)8-10/h2-3,8-9,15H,4-7H2,1H3. The summed E-state index contributed by atoms with van der Waals surface area (Å²) in [6, 6.07) is 5.53. The number of nitrogens with one attached hydrogen (secondary N) is 1. The number of benzene rings is 1. The van der Waals surface area contributed by atoms with Crippen LogP contribution in [0.4, 0.5) is 10.1 Å². The molecule has 0 amide bonds. The Morgan fingerprint density at radius 2 is 2.06 bits per heavy atom. The molecule has 0 bridgehead atoms. The Labute approximate surface area is 100 Å². The van der Waals surface area contributed by atoms with Crippen molar-refractivity contribution in [3.05, 3.63) is 29.0 Å². The van der Waals surface area contributed by atoms with Crippen LogP contribution in [0.5, 0.6) is 0 Å². The van der Waals surface area contributed by atoms with Crippen LogP contribution in [0, 0.1) is 5.82 Å². The number of rotatable bonds is 2. The Balaban J connectivity index is 2.05. The van der Waals surface area contributed by atoms with Crippen LogP contribution < -0.4 is 10.2 Å². The van der Waals surface area contributed by atoms with E-state index >= 15 is 0 Å². The second-order valence-corrected chi connectivity index (χ2v) is 4.56. The highest BCUT2D eigenvalue weighted by Gasteiger charge is 2.18. The van der Waals surface area contributed by atoms with Gasteiger partial charge in [-0.15, -0.1) is 0 Å². The summed E-state index contributed by atoms with van der Waals surface area (Å²) in [6.45, 7) is 1.99. The molecular formula is C12H16ClFN2. The predicted octanol–water partition coefficient (Wildman–Crippen LogP) is 2.67. The first-order valence-corrected chi connectivity index (χ1v) is 5.96. The van der Waals surface area contributed by atoms with Gasteiger partial charge in [-0.2, -0.15) is 0 Å². The molecule has 1 heterocycles. The monoisotopic (exact) mass is 242 g/mol. The van der Waals surface area contributed by atoms with Crippen LogP contribution in [0.15, 0.2) is 18.2 Å². The van der Waals surface area contributed by atoms with Gasteiger partial charge in [-0.05, 0) is 38.1 Å². The molecule has 0 saturated carbocycles. The van der Waals surface area contributed by atoms with Crippen molar-refractivity contribution in [2.45, 2.75) is 18.9 Å². The lowest BCUT2D eigenvalue weighted by atomic mass is 10.0. The Morgan fingerprint density at radius 3 is 2.62 bits per heavy atom. The van der Waals surface area contributed by atoms with E-state index in [1.807, 2.05) is 7.05 Å². The molecule has 1 aromatic carbocycles. The molecule has 16 heavy (non-hydrogen) atoms. The lowest BCUT2D eigenvalue weighted by Gasteiger charge is -2.33. The molecule has 0 unspecified atom stereocenters. The fraction of sp³-hybridized carbons (Fsp3) is 0.500. The van der Waals surface area contributed by atoms with E-state index in [2.05, 4.69) is 10.2 Å². The summed E-state index contributed by atoms with van der Waals surface area (Å²) in [5, 5.41) is 3.49. The molecule has 0 aromatic heterocycles. The molecule has 0 radical (unpaired) electrons. The summed E-state index contributed by atoms with van der Waals surface area (Å²) in [7, 11) is 2.00. The summed E-state index contributed by atoms with van der Waals surface area (Å²) in [4.78, 5) is 2.25. The van der Waals surface area contributed by atoms with E-state index in [4.69, 9.17) is 11.6 Å². The van der Waals surface area contributed by atoms with Crippen molar-refractivity contribution < 1.29 is 4.39 Å². The first-order valence-electron chi connectivity index (χ1n) is 5.58. The average Bonchev–Trinajstić information content (AvgIpc) is 2.33. The van der Waals surface area contributed by atoms with Crippen LogP contribution in [0.25, 0.3) is 0 Å². The number of nitrogens with zero attached hydrogens (tertiary/aromatic N) is 1. The predicted molar refractivity (Wildman–Crippen MR) is 65.7 cm³/mol. The van der Waals surface area contributed by atoms with Crippen LogP contribution in [0.3, 0.4) is 0 Å². The molecule has 0 aliphatic carbocycles. The van der Waals surface area contributed by atoms with Gasteiger partial charge in [0.15, 0.2) is 0 Å². The highest BCUT2D eigenvalue weighted by molar-refractivity contribution is 6.31. The van der Waals surface area contributed by atoms with E-state index in [1.54, 1.807) is 12.1 Å². The number of halogens is 2. The summed E-state index contributed by atoms with van der Waals surface area (Å²) in [5.41, 5.74) is 1.01. The van der Waals surface area contributed by atoms with E-state index in [0.29, 0.717) is 6.04 Å². The van der Waals surface area contributed by atoms with Gasteiger partial charge >= 0.3 is 0 Å². The van der Waals surface area contributed by atoms with Crippen molar-refractivity contribution >= 4 is 17.3 Å². The summed E-state index contributed by atoms with van der Waals surface area (Å²) < 4.78 is 13.0. The average molecular weight is 243 g/mol. The van der Waals surface area contributed by atoms with Gasteiger partial charge in [0.1, 0.15) is 5.82 Å². The maximum absolute atomic E-state index is 13.0. The Kier molecular flexibility index (Phi) is 3.66. The molecule has 1 aromatic rings. The van der Waals surface area contributed by atoms with Crippen molar-refractivity contribution in [1.82, 2.24) is 5.32 Å². The van der Waals surface area contributed by atoms with Gasteiger partial charge in [0.2, 0.25) is 0 Å². The van der Waals surface area contributed by atoms with E-state index in [0.717, 1.165) is 31.6 Å². The minimum atomic E-state index is -0.351. The summed E-state index contributed by atoms with van der Waals surface area (Å²) in [6.07, 6.45) is 2.23. The van der Waals surface area contributed by atoms with E-state index in [-0.39, 0.29) is 10.8 Å². The topological polar surface area (TPSA) is 15.3 Å². The molecule has 2 rings (SSSR count). The van der Waals surface area contributed by atoms with Gasteiger partial charge in [0.05, 0.1) is 5.02 Å². The van der Waals surface area contributed by atoms with Gasteiger partial charge in [0.25, 0.3) is 0 Å². The molecule has 4 heteroatoms. The van der Waals surface area contributed by atoms with Gasteiger partial charge in [-0.3, -0.25) is 0 Å². The summed E-state index contributed by atoms with van der Waals surface area (Å²) >= 11 is 5.77. The van der Waals surface area contributed by atoms with Crippen molar-refractivity contribution in [2.75, 3.05) is 25.0 Å². The number of piperidine rings is 1. The maximum atomic E-state index is 13.0. The van der Waals surface area contributed by atoms with E-state index < -0.39 is 0 Å². The Hall–Kier alpha value is -0.800. The third kappa shape index (κ3) is 2.47. The van der Waals surface area contributed by atoms with Crippen LogP contribution in [0.1, 0.15) is 12.8 Å². The Bertz CT molecular complexity index is 362.